The second-order valence-corrected chi connectivity index (χ2v) is 6.41. The molecule has 0 unspecified atom stereocenters. The van der Waals surface area contributed by atoms with Gasteiger partial charge in [0.15, 0.2) is 5.11 Å². The van der Waals surface area contributed by atoms with Crippen LogP contribution in [-0.4, -0.2) is 41.2 Å². The van der Waals surface area contributed by atoms with Gasteiger partial charge in [-0.1, -0.05) is 12.8 Å². The van der Waals surface area contributed by atoms with E-state index in [0.717, 1.165) is 5.11 Å². The molecule has 1 saturated heterocycles. The van der Waals surface area contributed by atoms with Gasteiger partial charge >= 0.3 is 0 Å². The molecule has 3 nitrogen and oxygen atoms in total. The Labute approximate surface area is 117 Å². The highest BCUT2D eigenvalue weighted by Crippen LogP contribution is 2.18. The summed E-state index contributed by atoms with van der Waals surface area (Å²) in [5.74, 6) is 0. The Morgan fingerprint density at radius 3 is 2.00 bits per heavy atom. The number of nitrogens with one attached hydrogen (secondary N) is 2. The molecular formula is C14H27N3S. The van der Waals surface area contributed by atoms with Crippen molar-refractivity contribution in [3.63, 3.8) is 0 Å². The van der Waals surface area contributed by atoms with E-state index in [1.165, 1.54) is 51.6 Å². The molecule has 1 heterocycles. The quantitative estimate of drug-likeness (QED) is 0.769. The van der Waals surface area contributed by atoms with Gasteiger partial charge in [0.05, 0.1) is 0 Å². The van der Waals surface area contributed by atoms with Crippen LogP contribution in [0.4, 0.5) is 0 Å². The summed E-state index contributed by atoms with van der Waals surface area (Å²) < 4.78 is 0. The van der Waals surface area contributed by atoms with Crippen molar-refractivity contribution in [2.45, 2.75) is 70.5 Å². The maximum atomic E-state index is 5.42. The minimum Gasteiger partial charge on any atom is -0.360 e. The summed E-state index contributed by atoms with van der Waals surface area (Å²) in [4.78, 5) is 2.55. The average molecular weight is 269 g/mol. The zero-order valence-electron chi connectivity index (χ0n) is 11.7. The van der Waals surface area contributed by atoms with E-state index in [1.54, 1.807) is 0 Å². The standard InChI is InChI=1S/C14H27N3S/c1-11(2)17-9-7-13(8-10-17)16-14(18)15-12-5-3-4-6-12/h11-13H,3-10H2,1-2H3,(H2,15,16,18). The van der Waals surface area contributed by atoms with Crippen LogP contribution in [0.5, 0.6) is 0 Å². The average Bonchev–Trinajstić information content (AvgIpc) is 2.82. The van der Waals surface area contributed by atoms with Gasteiger partial charge in [0.2, 0.25) is 0 Å². The Kier molecular flexibility index (Phi) is 5.25. The van der Waals surface area contributed by atoms with E-state index in [9.17, 15) is 0 Å². The van der Waals surface area contributed by atoms with Crippen LogP contribution in [0.25, 0.3) is 0 Å². The van der Waals surface area contributed by atoms with E-state index in [2.05, 4.69) is 29.4 Å². The second-order valence-electron chi connectivity index (χ2n) is 6.00. The van der Waals surface area contributed by atoms with Crippen molar-refractivity contribution in [3.05, 3.63) is 0 Å². The topological polar surface area (TPSA) is 27.3 Å². The molecule has 1 aliphatic heterocycles. The van der Waals surface area contributed by atoms with Crippen molar-refractivity contribution in [1.82, 2.24) is 15.5 Å². The predicted octanol–water partition coefficient (Wildman–Crippen LogP) is 2.27. The maximum absolute atomic E-state index is 5.42. The molecule has 0 aromatic heterocycles. The summed E-state index contributed by atoms with van der Waals surface area (Å²) in [6.45, 7) is 6.95. The molecule has 0 atom stereocenters. The Balaban J connectivity index is 1.66. The van der Waals surface area contributed by atoms with E-state index in [4.69, 9.17) is 12.2 Å². The lowest BCUT2D eigenvalue weighted by Gasteiger charge is -2.35. The monoisotopic (exact) mass is 269 g/mol. The van der Waals surface area contributed by atoms with Crippen molar-refractivity contribution in [2.24, 2.45) is 0 Å². The molecule has 4 heteroatoms. The van der Waals surface area contributed by atoms with Crippen molar-refractivity contribution in [3.8, 4) is 0 Å². The van der Waals surface area contributed by atoms with Crippen molar-refractivity contribution >= 4 is 17.3 Å². The van der Waals surface area contributed by atoms with E-state index in [-0.39, 0.29) is 0 Å². The number of thiocarbonyl (C=S) groups is 1. The minimum atomic E-state index is 0.571. The van der Waals surface area contributed by atoms with E-state index >= 15 is 0 Å². The normalized spacial score (nSPS) is 23.5. The lowest BCUT2D eigenvalue weighted by atomic mass is 10.0. The molecule has 2 rings (SSSR count). The maximum Gasteiger partial charge on any atom is 0.166 e. The van der Waals surface area contributed by atoms with E-state index < -0.39 is 0 Å². The first-order chi connectivity index (χ1) is 8.65. The molecule has 104 valence electrons. The van der Waals surface area contributed by atoms with Gasteiger partial charge in [-0.3, -0.25) is 0 Å². The number of rotatable bonds is 3. The van der Waals surface area contributed by atoms with Gasteiger partial charge in [-0.15, -0.1) is 0 Å². The van der Waals surface area contributed by atoms with Crippen LogP contribution in [0.15, 0.2) is 0 Å². The number of piperidine rings is 1. The number of hydrogen-bond acceptors (Lipinski definition) is 2. The summed E-state index contributed by atoms with van der Waals surface area (Å²) in [5.41, 5.74) is 0. The van der Waals surface area contributed by atoms with Crippen LogP contribution in [0.2, 0.25) is 0 Å². The Bertz CT molecular complexity index is 266. The third-order valence-electron chi connectivity index (χ3n) is 4.29. The Morgan fingerprint density at radius 1 is 1.00 bits per heavy atom. The van der Waals surface area contributed by atoms with E-state index in [1.807, 2.05) is 0 Å². The van der Waals surface area contributed by atoms with Crippen LogP contribution in [0, 0.1) is 0 Å². The number of nitrogens with zero attached hydrogens (tertiary/aromatic N) is 1. The van der Waals surface area contributed by atoms with Crippen LogP contribution in [0.3, 0.4) is 0 Å². The summed E-state index contributed by atoms with van der Waals surface area (Å²) >= 11 is 5.42. The fourth-order valence-corrected chi connectivity index (χ4v) is 3.38. The minimum absolute atomic E-state index is 0.571. The molecule has 0 bridgehead atoms. The molecule has 18 heavy (non-hydrogen) atoms. The van der Waals surface area contributed by atoms with Gasteiger partial charge < -0.3 is 15.5 Å². The fraction of sp³-hybridized carbons (Fsp3) is 0.929. The van der Waals surface area contributed by atoms with Gasteiger partial charge in [0.25, 0.3) is 0 Å². The third-order valence-corrected chi connectivity index (χ3v) is 4.52. The zero-order valence-corrected chi connectivity index (χ0v) is 12.6. The van der Waals surface area contributed by atoms with Crippen LogP contribution >= 0.6 is 12.2 Å². The van der Waals surface area contributed by atoms with Crippen LogP contribution in [-0.2, 0) is 0 Å². The zero-order chi connectivity index (χ0) is 13.0. The highest BCUT2D eigenvalue weighted by atomic mass is 32.1. The molecule has 2 fully saturated rings. The molecule has 1 saturated carbocycles. The predicted molar refractivity (Wildman–Crippen MR) is 80.9 cm³/mol. The molecule has 0 spiro atoms. The van der Waals surface area contributed by atoms with Crippen molar-refractivity contribution in [1.29, 1.82) is 0 Å². The van der Waals surface area contributed by atoms with Gasteiger partial charge in [0, 0.05) is 31.2 Å². The summed E-state index contributed by atoms with van der Waals surface area (Å²) in [7, 11) is 0. The van der Waals surface area contributed by atoms with Crippen LogP contribution in [0.1, 0.15) is 52.4 Å². The molecule has 2 aliphatic rings. The molecule has 0 amide bonds. The first-order valence-corrected chi connectivity index (χ1v) is 7.87. The van der Waals surface area contributed by atoms with Gasteiger partial charge in [-0.25, -0.2) is 0 Å². The Hall–Kier alpha value is -0.350. The first kappa shape index (κ1) is 14.1. The first-order valence-electron chi connectivity index (χ1n) is 7.46. The van der Waals surface area contributed by atoms with Gasteiger partial charge in [0.1, 0.15) is 0 Å². The fourth-order valence-electron chi connectivity index (χ4n) is 3.04. The highest BCUT2D eigenvalue weighted by Gasteiger charge is 2.22. The second kappa shape index (κ2) is 6.71. The van der Waals surface area contributed by atoms with Crippen LogP contribution < -0.4 is 10.6 Å². The molecule has 0 aromatic carbocycles. The van der Waals surface area contributed by atoms with Crippen molar-refractivity contribution in [2.75, 3.05) is 13.1 Å². The lowest BCUT2D eigenvalue weighted by Crippen LogP contribution is -2.50. The molecule has 2 N–H and O–H groups in total. The molecule has 1 aliphatic carbocycles. The largest absolute Gasteiger partial charge is 0.360 e. The SMILES string of the molecule is CC(C)N1CCC(NC(=S)NC2CCCC2)CC1. The summed E-state index contributed by atoms with van der Waals surface area (Å²) in [6, 6.07) is 1.87. The summed E-state index contributed by atoms with van der Waals surface area (Å²) in [5, 5.41) is 7.85. The molecule has 0 aromatic rings. The van der Waals surface area contributed by atoms with Crippen molar-refractivity contribution < 1.29 is 0 Å². The van der Waals surface area contributed by atoms with Gasteiger partial charge in [-0.05, 0) is 51.7 Å². The lowest BCUT2D eigenvalue weighted by molar-refractivity contribution is 0.167. The van der Waals surface area contributed by atoms with Gasteiger partial charge in [-0.2, -0.15) is 0 Å². The van der Waals surface area contributed by atoms with E-state index in [0.29, 0.717) is 18.1 Å². The third kappa shape index (κ3) is 4.09. The highest BCUT2D eigenvalue weighted by molar-refractivity contribution is 7.80. The number of likely N-dealkylation sites (tertiary alicyclic amines) is 1. The molecule has 0 radical (unpaired) electrons. The Morgan fingerprint density at radius 2 is 1.50 bits per heavy atom. The number of hydrogen-bond donors (Lipinski definition) is 2. The smallest absolute Gasteiger partial charge is 0.166 e. The summed E-state index contributed by atoms with van der Waals surface area (Å²) in [6.07, 6.45) is 7.71. The molecular weight excluding hydrogens is 242 g/mol.